The monoisotopic (exact) mass is 231 g/mol. The van der Waals surface area contributed by atoms with Crippen LogP contribution in [0.25, 0.3) is 0 Å². The first kappa shape index (κ1) is 11.4. The maximum atomic E-state index is 5.91. The molecule has 2 aromatic rings. The van der Waals surface area contributed by atoms with Crippen LogP contribution in [0.3, 0.4) is 0 Å². The molecular weight excluding hydrogens is 214 g/mol. The lowest BCUT2D eigenvalue weighted by Gasteiger charge is -2.08. The molecular formula is C12H17N5. The van der Waals surface area contributed by atoms with E-state index in [1.165, 1.54) is 5.56 Å². The predicted octanol–water partition coefficient (Wildman–Crippen LogP) is 1.36. The molecule has 1 aromatic carbocycles. The van der Waals surface area contributed by atoms with Gasteiger partial charge in [0.2, 0.25) is 0 Å². The highest BCUT2D eigenvalue weighted by Crippen LogP contribution is 2.18. The Kier molecular flexibility index (Phi) is 3.27. The topological polar surface area (TPSA) is 68.8 Å². The zero-order chi connectivity index (χ0) is 12.3. The molecule has 0 saturated carbocycles. The van der Waals surface area contributed by atoms with E-state index in [4.69, 9.17) is 5.73 Å². The van der Waals surface area contributed by atoms with Crippen LogP contribution in [0.15, 0.2) is 24.5 Å². The van der Waals surface area contributed by atoms with Crippen LogP contribution in [0.2, 0.25) is 0 Å². The van der Waals surface area contributed by atoms with Gasteiger partial charge in [-0.3, -0.25) is 4.68 Å². The summed E-state index contributed by atoms with van der Waals surface area (Å²) >= 11 is 0. The van der Waals surface area contributed by atoms with Gasteiger partial charge < -0.3 is 11.1 Å². The molecule has 0 radical (unpaired) electrons. The lowest BCUT2D eigenvalue weighted by Crippen LogP contribution is -2.08. The van der Waals surface area contributed by atoms with Gasteiger partial charge in [-0.1, -0.05) is 6.07 Å². The van der Waals surface area contributed by atoms with Crippen LogP contribution >= 0.6 is 0 Å². The Morgan fingerprint density at radius 2 is 2.24 bits per heavy atom. The van der Waals surface area contributed by atoms with Crippen LogP contribution in [-0.2, 0) is 13.5 Å². The Balaban J connectivity index is 1.90. The molecule has 1 heterocycles. The molecule has 0 aliphatic carbocycles. The molecule has 17 heavy (non-hydrogen) atoms. The number of nitrogens with one attached hydrogen (secondary N) is 1. The van der Waals surface area contributed by atoms with Gasteiger partial charge >= 0.3 is 0 Å². The first-order chi connectivity index (χ1) is 8.15. The maximum absolute atomic E-state index is 5.91. The lowest BCUT2D eigenvalue weighted by atomic mass is 10.2. The van der Waals surface area contributed by atoms with E-state index >= 15 is 0 Å². The van der Waals surface area contributed by atoms with Crippen LogP contribution < -0.4 is 11.1 Å². The summed E-state index contributed by atoms with van der Waals surface area (Å²) in [4.78, 5) is 4.16. The second kappa shape index (κ2) is 4.86. The Bertz CT molecular complexity index is 503. The van der Waals surface area contributed by atoms with Crippen LogP contribution in [0.5, 0.6) is 0 Å². The van der Waals surface area contributed by atoms with E-state index in [-0.39, 0.29) is 0 Å². The fourth-order valence-electron chi connectivity index (χ4n) is 1.65. The smallest absolute Gasteiger partial charge is 0.152 e. The minimum atomic E-state index is 0.775. The number of aromatic nitrogens is 3. The van der Waals surface area contributed by atoms with Gasteiger partial charge in [0.05, 0.1) is 11.4 Å². The summed E-state index contributed by atoms with van der Waals surface area (Å²) in [5, 5.41) is 7.50. The third kappa shape index (κ3) is 2.96. The number of anilines is 2. The number of rotatable bonds is 4. The molecule has 2 rings (SSSR count). The molecule has 0 unspecified atom stereocenters. The summed E-state index contributed by atoms with van der Waals surface area (Å²) < 4.78 is 1.70. The zero-order valence-corrected chi connectivity index (χ0v) is 10.1. The molecule has 0 bridgehead atoms. The highest BCUT2D eigenvalue weighted by molar-refractivity contribution is 5.66. The van der Waals surface area contributed by atoms with E-state index in [2.05, 4.69) is 15.4 Å². The van der Waals surface area contributed by atoms with E-state index in [9.17, 15) is 0 Å². The van der Waals surface area contributed by atoms with Gasteiger partial charge in [-0.25, -0.2) is 4.98 Å². The maximum Gasteiger partial charge on any atom is 0.152 e. The Hall–Kier alpha value is -2.04. The van der Waals surface area contributed by atoms with Gasteiger partial charge in [-0.05, 0) is 24.6 Å². The molecule has 0 aliphatic heterocycles. The number of benzene rings is 1. The van der Waals surface area contributed by atoms with Crippen molar-refractivity contribution in [1.29, 1.82) is 0 Å². The van der Waals surface area contributed by atoms with Gasteiger partial charge in [0.25, 0.3) is 0 Å². The molecule has 0 fully saturated rings. The summed E-state index contributed by atoms with van der Waals surface area (Å²) in [6.45, 7) is 2.80. The fraction of sp³-hybridized carbons (Fsp3) is 0.333. The normalized spacial score (nSPS) is 10.5. The van der Waals surface area contributed by atoms with Crippen molar-refractivity contribution in [2.45, 2.75) is 13.3 Å². The average molecular weight is 231 g/mol. The molecule has 0 saturated heterocycles. The zero-order valence-electron chi connectivity index (χ0n) is 10.1. The molecule has 1 aromatic heterocycles. The molecule has 0 atom stereocenters. The van der Waals surface area contributed by atoms with Crippen molar-refractivity contribution in [2.24, 2.45) is 7.05 Å². The molecule has 3 N–H and O–H groups in total. The van der Waals surface area contributed by atoms with Crippen LogP contribution in [-0.4, -0.2) is 21.3 Å². The summed E-state index contributed by atoms with van der Waals surface area (Å²) in [5.41, 5.74) is 8.81. The van der Waals surface area contributed by atoms with Crippen molar-refractivity contribution >= 4 is 11.4 Å². The predicted molar refractivity (Wildman–Crippen MR) is 68.8 cm³/mol. The Morgan fingerprint density at radius 3 is 2.88 bits per heavy atom. The van der Waals surface area contributed by atoms with Crippen molar-refractivity contribution in [1.82, 2.24) is 14.8 Å². The van der Waals surface area contributed by atoms with Crippen molar-refractivity contribution in [2.75, 3.05) is 17.6 Å². The lowest BCUT2D eigenvalue weighted by molar-refractivity contribution is 0.742. The first-order valence-corrected chi connectivity index (χ1v) is 5.59. The molecule has 5 nitrogen and oxygen atoms in total. The largest absolute Gasteiger partial charge is 0.397 e. The number of nitrogens with two attached hydrogens (primary N) is 1. The Morgan fingerprint density at radius 1 is 1.41 bits per heavy atom. The number of hydrogen-bond acceptors (Lipinski definition) is 4. The van der Waals surface area contributed by atoms with E-state index < -0.39 is 0 Å². The van der Waals surface area contributed by atoms with Crippen LogP contribution in [0, 0.1) is 6.92 Å². The van der Waals surface area contributed by atoms with Gasteiger partial charge in [0.1, 0.15) is 6.33 Å². The quantitative estimate of drug-likeness (QED) is 0.780. The van der Waals surface area contributed by atoms with E-state index in [0.29, 0.717) is 0 Å². The van der Waals surface area contributed by atoms with Crippen LogP contribution in [0.1, 0.15) is 11.4 Å². The van der Waals surface area contributed by atoms with Crippen molar-refractivity contribution in [3.8, 4) is 0 Å². The number of nitrogens with zero attached hydrogens (tertiary/aromatic N) is 3. The van der Waals surface area contributed by atoms with Crippen molar-refractivity contribution in [3.63, 3.8) is 0 Å². The third-order valence-corrected chi connectivity index (χ3v) is 2.52. The second-order valence-corrected chi connectivity index (χ2v) is 4.10. The van der Waals surface area contributed by atoms with Gasteiger partial charge in [0.15, 0.2) is 5.82 Å². The highest BCUT2D eigenvalue weighted by atomic mass is 15.3. The average Bonchev–Trinajstić information content (AvgIpc) is 2.68. The molecule has 0 aliphatic rings. The number of hydrogen-bond donors (Lipinski definition) is 2. The van der Waals surface area contributed by atoms with Gasteiger partial charge in [-0.2, -0.15) is 5.10 Å². The summed E-state index contributed by atoms with van der Waals surface area (Å²) in [6, 6.07) is 6.00. The molecule has 90 valence electrons. The third-order valence-electron chi connectivity index (χ3n) is 2.52. The van der Waals surface area contributed by atoms with Gasteiger partial charge in [-0.15, -0.1) is 0 Å². The van der Waals surface area contributed by atoms with Gasteiger partial charge in [0, 0.05) is 20.0 Å². The number of nitrogen functional groups attached to an aromatic ring is 1. The minimum Gasteiger partial charge on any atom is -0.397 e. The fourth-order valence-corrected chi connectivity index (χ4v) is 1.65. The molecule has 5 heteroatoms. The number of aryl methyl sites for hydroxylation is 2. The van der Waals surface area contributed by atoms with Crippen molar-refractivity contribution in [3.05, 3.63) is 35.9 Å². The highest BCUT2D eigenvalue weighted by Gasteiger charge is 2.01. The molecule has 0 amide bonds. The van der Waals surface area contributed by atoms with E-state index in [0.717, 1.165) is 30.2 Å². The summed E-state index contributed by atoms with van der Waals surface area (Å²) in [5.74, 6) is 0.839. The standard InChI is InChI=1S/C12H17N5/c1-9-3-4-11(10(13)7-9)14-6-5-12-15-8-17(2)16-12/h3-4,7-8,14H,5-6,13H2,1-2H3. The Labute approximate surface area is 101 Å². The van der Waals surface area contributed by atoms with Crippen molar-refractivity contribution < 1.29 is 0 Å². The summed E-state index contributed by atoms with van der Waals surface area (Å²) in [7, 11) is 1.86. The van der Waals surface area contributed by atoms with E-state index in [1.54, 1.807) is 11.0 Å². The van der Waals surface area contributed by atoms with Crippen LogP contribution in [0.4, 0.5) is 11.4 Å². The summed E-state index contributed by atoms with van der Waals surface area (Å²) in [6.07, 6.45) is 2.49. The SMILES string of the molecule is Cc1ccc(NCCc2ncn(C)n2)c(N)c1. The minimum absolute atomic E-state index is 0.775. The second-order valence-electron chi connectivity index (χ2n) is 4.10. The van der Waals surface area contributed by atoms with E-state index in [1.807, 2.05) is 32.2 Å². The first-order valence-electron chi connectivity index (χ1n) is 5.59. The molecule has 0 spiro atoms.